The molecule has 0 saturated carbocycles. The summed E-state index contributed by atoms with van der Waals surface area (Å²) in [7, 11) is 4.84. The maximum absolute atomic E-state index is 12.0. The van der Waals surface area contributed by atoms with E-state index in [1.807, 2.05) is 0 Å². The average molecular weight is 383 g/mol. The number of hydrogen-bond donors (Lipinski definition) is 1. The molecule has 0 amide bonds. The van der Waals surface area contributed by atoms with Gasteiger partial charge in [0.2, 0.25) is 5.95 Å². The first-order valence-electron chi connectivity index (χ1n) is 8.58. The first kappa shape index (κ1) is 19.2. The molecule has 3 aromatic rings. The number of nitrogens with zero attached hydrogens (tertiary/aromatic N) is 4. The fraction of sp³-hybridized carbons (Fsp3) is 0.263. The molecule has 0 unspecified atom stereocenters. The predicted octanol–water partition coefficient (Wildman–Crippen LogP) is 2.81. The third kappa shape index (κ3) is 4.20. The van der Waals surface area contributed by atoms with E-state index in [0.29, 0.717) is 46.8 Å². The highest BCUT2D eigenvalue weighted by atomic mass is 16.5. The van der Waals surface area contributed by atoms with Gasteiger partial charge in [-0.3, -0.25) is 4.68 Å². The van der Waals surface area contributed by atoms with Gasteiger partial charge in [0.05, 0.1) is 26.5 Å². The zero-order valence-corrected chi connectivity index (χ0v) is 16.1. The van der Waals surface area contributed by atoms with Crippen LogP contribution in [0.15, 0.2) is 36.5 Å². The Labute approximate surface area is 162 Å². The Hall–Kier alpha value is -3.62. The van der Waals surface area contributed by atoms with Crippen LogP contribution in [0.2, 0.25) is 0 Å². The van der Waals surface area contributed by atoms with Gasteiger partial charge in [0, 0.05) is 43.2 Å². The molecule has 0 bridgehead atoms. The molecule has 0 radical (unpaired) electrons. The Morgan fingerprint density at radius 2 is 1.82 bits per heavy atom. The molecule has 2 heterocycles. The second-order valence-electron chi connectivity index (χ2n) is 5.75. The van der Waals surface area contributed by atoms with Crippen molar-refractivity contribution in [2.45, 2.75) is 6.92 Å². The van der Waals surface area contributed by atoms with E-state index >= 15 is 0 Å². The number of nitrogens with one attached hydrogen (secondary N) is 1. The number of aromatic nitrogens is 4. The van der Waals surface area contributed by atoms with Crippen LogP contribution < -0.4 is 14.8 Å². The van der Waals surface area contributed by atoms with E-state index in [-0.39, 0.29) is 0 Å². The summed E-state index contributed by atoms with van der Waals surface area (Å²) < 4.78 is 17.0. The Bertz CT molecular complexity index is 964. The lowest BCUT2D eigenvalue weighted by atomic mass is 10.2. The van der Waals surface area contributed by atoms with E-state index in [9.17, 15) is 4.79 Å². The van der Waals surface area contributed by atoms with Crippen LogP contribution in [-0.4, -0.2) is 46.5 Å². The lowest BCUT2D eigenvalue weighted by Crippen LogP contribution is -2.10. The number of anilines is 2. The molecule has 0 fully saturated rings. The number of rotatable bonds is 7. The van der Waals surface area contributed by atoms with Crippen LogP contribution in [0, 0.1) is 0 Å². The summed E-state index contributed by atoms with van der Waals surface area (Å²) >= 11 is 0. The monoisotopic (exact) mass is 383 g/mol. The molecule has 9 heteroatoms. The van der Waals surface area contributed by atoms with Crippen molar-refractivity contribution in [2.75, 3.05) is 26.1 Å². The molecule has 0 aliphatic rings. The second-order valence-corrected chi connectivity index (χ2v) is 5.75. The molecule has 0 aliphatic heterocycles. The van der Waals surface area contributed by atoms with Gasteiger partial charge >= 0.3 is 5.97 Å². The van der Waals surface area contributed by atoms with Gasteiger partial charge in [-0.05, 0) is 13.0 Å². The zero-order chi connectivity index (χ0) is 20.1. The van der Waals surface area contributed by atoms with Crippen molar-refractivity contribution in [1.82, 2.24) is 19.7 Å². The van der Waals surface area contributed by atoms with E-state index in [4.69, 9.17) is 14.2 Å². The van der Waals surface area contributed by atoms with Crippen molar-refractivity contribution in [1.29, 1.82) is 0 Å². The molecular weight excluding hydrogens is 362 g/mol. The number of carbonyl (C=O) groups is 1. The Morgan fingerprint density at radius 3 is 2.46 bits per heavy atom. The first-order chi connectivity index (χ1) is 13.5. The number of methoxy groups -OCH3 is 2. The molecule has 1 N–H and O–H groups in total. The zero-order valence-electron chi connectivity index (χ0n) is 16.1. The third-order valence-electron chi connectivity index (χ3n) is 3.89. The minimum atomic E-state index is -0.431. The van der Waals surface area contributed by atoms with Crippen LogP contribution >= 0.6 is 0 Å². The highest BCUT2D eigenvalue weighted by Gasteiger charge is 2.16. The van der Waals surface area contributed by atoms with E-state index in [2.05, 4.69) is 20.4 Å². The minimum absolute atomic E-state index is 0.297. The van der Waals surface area contributed by atoms with Crippen LogP contribution in [0.25, 0.3) is 11.4 Å². The summed E-state index contributed by atoms with van der Waals surface area (Å²) in [4.78, 5) is 20.7. The van der Waals surface area contributed by atoms with Gasteiger partial charge in [-0.15, -0.1) is 0 Å². The number of carbonyl (C=O) groups excluding carboxylic acids is 1. The molecular formula is C19H21N5O4. The standard InChI is InChI=1S/C19H21N5O4/c1-5-28-18(25)17-11-16(23-24(17)2)15-6-7-20-19(22-15)21-12-8-13(26-3)10-14(9-12)27-4/h6-11H,5H2,1-4H3,(H,20,21,22). The van der Waals surface area contributed by atoms with E-state index in [1.54, 1.807) is 64.7 Å². The lowest BCUT2D eigenvalue weighted by Gasteiger charge is -2.10. The van der Waals surface area contributed by atoms with E-state index < -0.39 is 5.97 Å². The molecule has 0 spiro atoms. The summed E-state index contributed by atoms with van der Waals surface area (Å²) in [6.45, 7) is 2.05. The molecule has 2 aromatic heterocycles. The number of esters is 1. The molecule has 3 rings (SSSR count). The van der Waals surface area contributed by atoms with Crippen molar-refractivity contribution < 1.29 is 19.0 Å². The highest BCUT2D eigenvalue weighted by Crippen LogP contribution is 2.27. The largest absolute Gasteiger partial charge is 0.497 e. The first-order valence-corrected chi connectivity index (χ1v) is 8.58. The van der Waals surface area contributed by atoms with Gasteiger partial charge in [-0.2, -0.15) is 5.10 Å². The maximum Gasteiger partial charge on any atom is 0.356 e. The molecule has 28 heavy (non-hydrogen) atoms. The summed E-state index contributed by atoms with van der Waals surface area (Å²) in [6, 6.07) is 8.73. The molecule has 1 aromatic carbocycles. The number of ether oxygens (including phenoxy) is 3. The lowest BCUT2D eigenvalue weighted by molar-refractivity contribution is 0.0513. The van der Waals surface area contributed by atoms with Crippen LogP contribution in [0.5, 0.6) is 11.5 Å². The summed E-state index contributed by atoms with van der Waals surface area (Å²) in [5.41, 5.74) is 2.17. The smallest absolute Gasteiger partial charge is 0.356 e. The molecule has 0 saturated heterocycles. The SMILES string of the molecule is CCOC(=O)c1cc(-c2ccnc(Nc3cc(OC)cc(OC)c3)n2)nn1C. The predicted molar refractivity (Wildman–Crippen MR) is 103 cm³/mol. The molecule has 9 nitrogen and oxygen atoms in total. The molecule has 0 aliphatic carbocycles. The van der Waals surface area contributed by atoms with Gasteiger partial charge in [0.1, 0.15) is 22.9 Å². The van der Waals surface area contributed by atoms with Gasteiger partial charge in [-0.1, -0.05) is 0 Å². The summed E-state index contributed by atoms with van der Waals surface area (Å²) in [5.74, 6) is 1.22. The normalized spacial score (nSPS) is 10.4. The third-order valence-corrected chi connectivity index (χ3v) is 3.89. The Kier molecular flexibility index (Phi) is 5.73. The second kappa shape index (κ2) is 8.38. The van der Waals surface area contributed by atoms with Crippen molar-refractivity contribution in [3.8, 4) is 22.9 Å². The summed E-state index contributed by atoms with van der Waals surface area (Å²) in [5, 5.41) is 7.46. The number of benzene rings is 1. The van der Waals surface area contributed by atoms with Crippen molar-refractivity contribution >= 4 is 17.6 Å². The topological polar surface area (TPSA) is 100 Å². The fourth-order valence-corrected chi connectivity index (χ4v) is 2.56. The Morgan fingerprint density at radius 1 is 1.11 bits per heavy atom. The van der Waals surface area contributed by atoms with Gasteiger partial charge < -0.3 is 19.5 Å². The van der Waals surface area contributed by atoms with Crippen LogP contribution in [0.1, 0.15) is 17.4 Å². The fourth-order valence-electron chi connectivity index (χ4n) is 2.56. The van der Waals surface area contributed by atoms with Crippen molar-refractivity contribution in [3.05, 3.63) is 42.2 Å². The van der Waals surface area contributed by atoms with Gasteiger partial charge in [0.25, 0.3) is 0 Å². The summed E-state index contributed by atoms with van der Waals surface area (Å²) in [6.07, 6.45) is 1.61. The van der Waals surface area contributed by atoms with Crippen LogP contribution in [-0.2, 0) is 11.8 Å². The number of aryl methyl sites for hydroxylation is 1. The highest BCUT2D eigenvalue weighted by molar-refractivity contribution is 5.88. The molecule has 146 valence electrons. The van der Waals surface area contributed by atoms with E-state index in [0.717, 1.165) is 0 Å². The van der Waals surface area contributed by atoms with E-state index in [1.165, 1.54) is 4.68 Å². The molecule has 0 atom stereocenters. The number of hydrogen-bond acceptors (Lipinski definition) is 8. The van der Waals surface area contributed by atoms with Crippen molar-refractivity contribution in [2.24, 2.45) is 7.05 Å². The maximum atomic E-state index is 12.0. The van der Waals surface area contributed by atoms with Gasteiger partial charge in [0.15, 0.2) is 0 Å². The Balaban J connectivity index is 1.87. The van der Waals surface area contributed by atoms with Crippen LogP contribution in [0.4, 0.5) is 11.6 Å². The quantitative estimate of drug-likeness (QED) is 0.622. The van der Waals surface area contributed by atoms with Gasteiger partial charge in [-0.25, -0.2) is 14.8 Å². The minimum Gasteiger partial charge on any atom is -0.497 e. The van der Waals surface area contributed by atoms with Crippen LogP contribution in [0.3, 0.4) is 0 Å². The van der Waals surface area contributed by atoms with Crippen molar-refractivity contribution in [3.63, 3.8) is 0 Å². The average Bonchev–Trinajstić information content (AvgIpc) is 3.10.